The highest BCUT2D eigenvalue weighted by molar-refractivity contribution is 5.76. The maximum Gasteiger partial charge on any atom is 0.282 e. The van der Waals surface area contributed by atoms with E-state index in [2.05, 4.69) is 10.4 Å². The number of hydrogen-bond acceptors (Lipinski definition) is 4. The van der Waals surface area contributed by atoms with Gasteiger partial charge in [0.2, 0.25) is 5.91 Å². The van der Waals surface area contributed by atoms with Crippen molar-refractivity contribution in [3.05, 3.63) is 46.8 Å². The van der Waals surface area contributed by atoms with Crippen LogP contribution in [0, 0.1) is 13.8 Å². The summed E-state index contributed by atoms with van der Waals surface area (Å²) in [5.74, 6) is 0.517. The average molecular weight is 405 g/mol. The van der Waals surface area contributed by atoms with Gasteiger partial charge in [-0.1, -0.05) is 17.7 Å². The quantitative estimate of drug-likeness (QED) is 0.844. The van der Waals surface area contributed by atoms with Crippen molar-refractivity contribution in [2.75, 3.05) is 13.2 Å². The molecule has 8 heteroatoms. The van der Waals surface area contributed by atoms with Crippen LogP contribution in [0.2, 0.25) is 0 Å². The van der Waals surface area contributed by atoms with Crippen LogP contribution in [0.5, 0.6) is 5.75 Å². The van der Waals surface area contributed by atoms with Crippen LogP contribution < -0.4 is 10.1 Å². The molecule has 2 aromatic rings. The Morgan fingerprint density at radius 1 is 1.31 bits per heavy atom. The van der Waals surface area contributed by atoms with E-state index in [-0.39, 0.29) is 29.8 Å². The van der Waals surface area contributed by atoms with Gasteiger partial charge in [0, 0.05) is 30.5 Å². The Morgan fingerprint density at radius 3 is 2.76 bits per heavy atom. The second-order valence-electron chi connectivity index (χ2n) is 7.93. The minimum Gasteiger partial charge on any atom is -0.487 e. The highest BCUT2D eigenvalue weighted by Gasteiger charge is 2.42. The Balaban J connectivity index is 1.55. The molecule has 1 N–H and O–H groups in total. The molecule has 6 nitrogen and oxygen atoms in total. The predicted octanol–water partition coefficient (Wildman–Crippen LogP) is 3.63. The van der Waals surface area contributed by atoms with Gasteiger partial charge in [0.05, 0.1) is 19.3 Å². The molecular formula is C21H25F2N3O3. The Labute approximate surface area is 168 Å². The number of amides is 1. The second kappa shape index (κ2) is 7.74. The molecule has 0 bridgehead atoms. The minimum absolute atomic E-state index is 0.104. The van der Waals surface area contributed by atoms with E-state index in [9.17, 15) is 13.6 Å². The highest BCUT2D eigenvalue weighted by atomic mass is 19.3. The van der Waals surface area contributed by atoms with Crippen molar-refractivity contribution in [1.82, 2.24) is 15.1 Å². The van der Waals surface area contributed by atoms with Crippen molar-refractivity contribution in [1.29, 1.82) is 0 Å². The summed E-state index contributed by atoms with van der Waals surface area (Å²) in [7, 11) is 0. The molecule has 2 aliphatic heterocycles. The zero-order valence-electron chi connectivity index (χ0n) is 16.6. The van der Waals surface area contributed by atoms with Crippen LogP contribution in [0.25, 0.3) is 0 Å². The van der Waals surface area contributed by atoms with Crippen molar-refractivity contribution in [3.63, 3.8) is 0 Å². The number of carbonyl (C=O) groups excluding carboxylic acids is 1. The van der Waals surface area contributed by atoms with Gasteiger partial charge >= 0.3 is 0 Å². The van der Waals surface area contributed by atoms with E-state index in [1.807, 2.05) is 25.1 Å². The number of nitrogens with one attached hydrogen (secondary N) is 1. The fourth-order valence-corrected chi connectivity index (χ4v) is 4.15. The first-order chi connectivity index (χ1) is 13.8. The lowest BCUT2D eigenvalue weighted by Gasteiger charge is -2.44. The minimum atomic E-state index is -2.66. The van der Waals surface area contributed by atoms with Crippen molar-refractivity contribution < 1.29 is 23.0 Å². The number of fused-ring (bicyclic) bond motifs is 1. The summed E-state index contributed by atoms with van der Waals surface area (Å²) < 4.78 is 38.9. The first-order valence-electron chi connectivity index (χ1n) is 9.84. The molecule has 1 atom stereocenters. The summed E-state index contributed by atoms with van der Waals surface area (Å²) in [6, 6.07) is 7.07. The van der Waals surface area contributed by atoms with Gasteiger partial charge in [-0.25, -0.2) is 8.78 Å². The van der Waals surface area contributed by atoms with E-state index in [4.69, 9.17) is 9.47 Å². The maximum atomic E-state index is 12.9. The van der Waals surface area contributed by atoms with Gasteiger partial charge in [-0.15, -0.1) is 0 Å². The number of nitrogens with zero attached hydrogens (tertiary/aromatic N) is 2. The molecular weight excluding hydrogens is 380 g/mol. The molecule has 2 aliphatic rings. The third-order valence-corrected chi connectivity index (χ3v) is 5.70. The SMILES string of the molecule is Cc1ccc2c(c1)[C@@H](NC(=O)Cn1nc(C(F)F)cc1C)CC1(CCOCC1)O2. The molecule has 1 saturated heterocycles. The van der Waals surface area contributed by atoms with E-state index in [0.29, 0.717) is 25.3 Å². The first-order valence-corrected chi connectivity index (χ1v) is 9.84. The summed E-state index contributed by atoms with van der Waals surface area (Å²) in [5.41, 5.74) is 1.88. The van der Waals surface area contributed by atoms with E-state index in [1.54, 1.807) is 6.92 Å². The summed E-state index contributed by atoms with van der Waals surface area (Å²) in [4.78, 5) is 12.8. The van der Waals surface area contributed by atoms with Gasteiger partial charge in [0.25, 0.3) is 6.43 Å². The summed E-state index contributed by atoms with van der Waals surface area (Å²) in [5, 5.41) is 6.93. The number of ether oxygens (including phenoxy) is 2. The molecule has 0 saturated carbocycles. The van der Waals surface area contributed by atoms with Gasteiger partial charge in [-0.2, -0.15) is 5.10 Å². The normalized spacial score (nSPS) is 20.4. The molecule has 1 spiro atoms. The summed E-state index contributed by atoms with van der Waals surface area (Å²) >= 11 is 0. The smallest absolute Gasteiger partial charge is 0.282 e. The average Bonchev–Trinajstić information content (AvgIpc) is 3.04. The lowest BCUT2D eigenvalue weighted by molar-refractivity contribution is -0.124. The molecule has 3 heterocycles. The van der Waals surface area contributed by atoms with E-state index < -0.39 is 6.43 Å². The summed E-state index contributed by atoms with van der Waals surface area (Å²) in [6.45, 7) is 4.82. The van der Waals surface area contributed by atoms with Crippen LogP contribution in [0.1, 0.15) is 54.2 Å². The van der Waals surface area contributed by atoms with Crippen LogP contribution >= 0.6 is 0 Å². The number of aryl methyl sites for hydroxylation is 2. The van der Waals surface area contributed by atoms with E-state index >= 15 is 0 Å². The molecule has 1 fully saturated rings. The third-order valence-electron chi connectivity index (χ3n) is 5.70. The molecule has 4 rings (SSSR count). The highest BCUT2D eigenvalue weighted by Crippen LogP contribution is 2.44. The lowest BCUT2D eigenvalue weighted by atomic mass is 9.81. The van der Waals surface area contributed by atoms with Crippen LogP contribution in [0.4, 0.5) is 8.78 Å². The van der Waals surface area contributed by atoms with Gasteiger partial charge in [0.1, 0.15) is 23.6 Å². The number of hydrogen-bond donors (Lipinski definition) is 1. The van der Waals surface area contributed by atoms with Crippen molar-refractivity contribution in [2.24, 2.45) is 0 Å². The Morgan fingerprint density at radius 2 is 2.07 bits per heavy atom. The maximum absolute atomic E-state index is 12.9. The van der Waals surface area contributed by atoms with E-state index in [0.717, 1.165) is 29.7 Å². The van der Waals surface area contributed by atoms with Crippen molar-refractivity contribution >= 4 is 5.91 Å². The number of alkyl halides is 2. The number of carbonyl (C=O) groups is 1. The third kappa shape index (κ3) is 4.12. The molecule has 0 aliphatic carbocycles. The fourth-order valence-electron chi connectivity index (χ4n) is 4.15. The zero-order valence-corrected chi connectivity index (χ0v) is 16.6. The number of benzene rings is 1. The summed E-state index contributed by atoms with van der Waals surface area (Å²) in [6.07, 6.45) is -0.471. The van der Waals surface area contributed by atoms with Crippen LogP contribution in [0.3, 0.4) is 0 Å². The van der Waals surface area contributed by atoms with Gasteiger partial charge in [-0.05, 0) is 26.0 Å². The first kappa shape index (κ1) is 19.8. The van der Waals surface area contributed by atoms with Crippen LogP contribution in [0.15, 0.2) is 24.3 Å². The monoisotopic (exact) mass is 405 g/mol. The lowest BCUT2D eigenvalue weighted by Crippen LogP contribution is -2.49. The van der Waals surface area contributed by atoms with Crippen LogP contribution in [-0.2, 0) is 16.1 Å². The molecule has 0 radical (unpaired) electrons. The van der Waals surface area contributed by atoms with Crippen molar-refractivity contribution in [3.8, 4) is 5.75 Å². The largest absolute Gasteiger partial charge is 0.487 e. The molecule has 0 unspecified atom stereocenters. The Hall–Kier alpha value is -2.48. The topological polar surface area (TPSA) is 65.4 Å². The standard InChI is InChI=1S/C21H25F2N3O3/c1-13-3-4-18-15(9-13)17(11-21(29-18)5-7-28-8-6-21)24-19(27)12-26-14(2)10-16(25-26)20(22)23/h3-4,9-10,17,20H,5-8,11-12H2,1-2H3,(H,24,27)/t17-/m0/s1. The van der Waals surface area contributed by atoms with Gasteiger partial charge < -0.3 is 14.8 Å². The van der Waals surface area contributed by atoms with Gasteiger partial charge in [-0.3, -0.25) is 9.48 Å². The Kier molecular flexibility index (Phi) is 5.29. The van der Waals surface area contributed by atoms with Crippen LogP contribution in [-0.4, -0.2) is 34.5 Å². The fraction of sp³-hybridized carbons (Fsp3) is 0.524. The molecule has 29 heavy (non-hydrogen) atoms. The second-order valence-corrected chi connectivity index (χ2v) is 7.93. The predicted molar refractivity (Wildman–Crippen MR) is 102 cm³/mol. The number of aromatic nitrogens is 2. The van der Waals surface area contributed by atoms with Crippen molar-refractivity contribution in [2.45, 2.75) is 57.7 Å². The molecule has 1 aromatic carbocycles. The molecule has 156 valence electrons. The Bertz CT molecular complexity index is 907. The van der Waals surface area contributed by atoms with Gasteiger partial charge in [0.15, 0.2) is 0 Å². The molecule has 1 amide bonds. The van der Waals surface area contributed by atoms with E-state index in [1.165, 1.54) is 10.7 Å². The number of rotatable bonds is 4. The zero-order chi connectivity index (χ0) is 20.6. The number of halogens is 2. The molecule has 1 aromatic heterocycles.